The second kappa shape index (κ2) is 9.15. The lowest BCUT2D eigenvalue weighted by Gasteiger charge is -2.18. The first-order valence-electron chi connectivity index (χ1n) is 10.1. The fourth-order valence-corrected chi connectivity index (χ4v) is 3.24. The van der Waals surface area contributed by atoms with Crippen LogP contribution in [-0.4, -0.2) is 42.0 Å². The van der Waals surface area contributed by atoms with Crippen LogP contribution in [0.2, 0.25) is 0 Å². The van der Waals surface area contributed by atoms with Gasteiger partial charge in [-0.2, -0.15) is 5.10 Å². The number of anilines is 1. The molecule has 0 radical (unpaired) electrons. The van der Waals surface area contributed by atoms with E-state index < -0.39 is 23.6 Å². The molecule has 0 aliphatic rings. The van der Waals surface area contributed by atoms with E-state index in [1.165, 1.54) is 17.0 Å². The molecule has 3 aromatic heterocycles. The van der Waals surface area contributed by atoms with Crippen LogP contribution in [0.15, 0.2) is 53.4 Å². The van der Waals surface area contributed by atoms with Gasteiger partial charge in [-0.1, -0.05) is 37.2 Å². The van der Waals surface area contributed by atoms with Crippen molar-refractivity contribution in [1.82, 2.24) is 24.9 Å². The van der Waals surface area contributed by atoms with E-state index >= 15 is 0 Å². The molecule has 0 spiro atoms. The maximum atomic E-state index is 14.3. The summed E-state index contributed by atoms with van der Waals surface area (Å²) in [6, 6.07) is 8.49. The number of hydrogen-bond acceptors (Lipinski definition) is 7. The summed E-state index contributed by atoms with van der Waals surface area (Å²) in [7, 11) is 0. The number of nitrogens with zero attached hydrogens (tertiary/aromatic N) is 5. The van der Waals surface area contributed by atoms with Crippen LogP contribution in [0.1, 0.15) is 19.4 Å². The van der Waals surface area contributed by atoms with Gasteiger partial charge in [0, 0.05) is 11.6 Å². The van der Waals surface area contributed by atoms with Crippen molar-refractivity contribution in [2.45, 2.75) is 26.4 Å². The Labute approximate surface area is 187 Å². The van der Waals surface area contributed by atoms with Gasteiger partial charge in [0.2, 0.25) is 0 Å². The molecule has 0 fully saturated rings. The van der Waals surface area contributed by atoms with Crippen LogP contribution >= 0.6 is 0 Å². The molecule has 4 rings (SSSR count). The summed E-state index contributed by atoms with van der Waals surface area (Å²) < 4.78 is 35.0. The van der Waals surface area contributed by atoms with E-state index in [0.717, 1.165) is 6.20 Å². The number of carbonyl (C=O) groups is 1. The number of rotatable bonds is 8. The smallest absolute Gasteiger partial charge is 0.326 e. The van der Waals surface area contributed by atoms with E-state index in [4.69, 9.17) is 4.52 Å². The van der Waals surface area contributed by atoms with Gasteiger partial charge in [-0.15, -0.1) is 0 Å². The van der Waals surface area contributed by atoms with Gasteiger partial charge in [0.1, 0.15) is 29.5 Å². The van der Waals surface area contributed by atoms with E-state index in [1.807, 2.05) is 0 Å². The molecule has 0 bridgehead atoms. The summed E-state index contributed by atoms with van der Waals surface area (Å²) in [5.41, 5.74) is 1.63. The molecule has 33 heavy (non-hydrogen) atoms. The number of benzene rings is 1. The molecule has 11 heteroatoms. The highest BCUT2D eigenvalue weighted by Gasteiger charge is 2.24. The van der Waals surface area contributed by atoms with Crippen LogP contribution in [0.5, 0.6) is 0 Å². The molecule has 1 aromatic carbocycles. The van der Waals surface area contributed by atoms with Crippen molar-refractivity contribution in [3.05, 3.63) is 66.1 Å². The summed E-state index contributed by atoms with van der Waals surface area (Å²) in [5.74, 6) is -2.84. The zero-order valence-corrected chi connectivity index (χ0v) is 17.7. The second-order valence-corrected chi connectivity index (χ2v) is 7.64. The molecular weight excluding hydrogens is 434 g/mol. The Balaban J connectivity index is 1.74. The maximum absolute atomic E-state index is 14.3. The van der Waals surface area contributed by atoms with Gasteiger partial charge < -0.3 is 14.9 Å². The van der Waals surface area contributed by atoms with Crippen molar-refractivity contribution in [2.75, 3.05) is 5.32 Å². The number of hydrogen-bond donors (Lipinski definition) is 2. The van der Waals surface area contributed by atoms with Gasteiger partial charge in [-0.25, -0.2) is 23.5 Å². The maximum Gasteiger partial charge on any atom is 0.326 e. The minimum atomic E-state index is -1.13. The van der Waals surface area contributed by atoms with E-state index in [1.54, 1.807) is 44.2 Å². The first-order valence-corrected chi connectivity index (χ1v) is 10.1. The van der Waals surface area contributed by atoms with Crippen LogP contribution in [0, 0.1) is 17.6 Å². The monoisotopic (exact) mass is 454 g/mol. The van der Waals surface area contributed by atoms with Crippen molar-refractivity contribution >= 4 is 11.8 Å². The Morgan fingerprint density at radius 3 is 2.64 bits per heavy atom. The lowest BCUT2D eigenvalue weighted by molar-refractivity contribution is -0.138. The van der Waals surface area contributed by atoms with Gasteiger partial charge in [0.15, 0.2) is 17.5 Å². The molecule has 0 aliphatic heterocycles. The molecular formula is C22H20F2N6O3. The molecule has 0 aliphatic carbocycles. The number of carboxylic acids is 1. The number of aromatic nitrogens is 5. The van der Waals surface area contributed by atoms with Crippen molar-refractivity contribution in [2.24, 2.45) is 5.92 Å². The molecule has 9 nitrogen and oxygen atoms in total. The topological polar surface area (TPSA) is 119 Å². The summed E-state index contributed by atoms with van der Waals surface area (Å²) in [5, 5.41) is 20.4. The summed E-state index contributed by atoms with van der Waals surface area (Å²) >= 11 is 0. The molecule has 0 saturated heterocycles. The third-order valence-corrected chi connectivity index (χ3v) is 4.96. The highest BCUT2D eigenvalue weighted by molar-refractivity contribution is 5.77. The van der Waals surface area contributed by atoms with Crippen molar-refractivity contribution in [3.63, 3.8) is 0 Å². The number of carboxylic acid groups (broad SMARTS) is 1. The first kappa shape index (κ1) is 22.1. The third-order valence-electron chi connectivity index (χ3n) is 4.96. The Kier molecular flexibility index (Phi) is 6.11. The number of halogens is 2. The quantitative estimate of drug-likeness (QED) is 0.412. The van der Waals surface area contributed by atoms with Gasteiger partial charge in [0.05, 0.1) is 18.4 Å². The molecule has 1 atom stereocenters. The molecule has 3 heterocycles. The Morgan fingerprint density at radius 1 is 1.18 bits per heavy atom. The molecule has 0 saturated carbocycles. The Bertz CT molecular complexity index is 1270. The highest BCUT2D eigenvalue weighted by atomic mass is 19.1. The van der Waals surface area contributed by atoms with Crippen LogP contribution in [-0.2, 0) is 11.3 Å². The average molecular weight is 454 g/mol. The summed E-state index contributed by atoms with van der Waals surface area (Å²) in [4.78, 5) is 19.7. The standard InChI is InChI=1S/C22H20F2N6O3/c1-12(2)19(22(31)32)26-20-15(24)10-25-21(27-20)17-9-18(16-7-8-33-29-16)30(28-17)11-13-5-3-4-6-14(13)23/h3-10,12,19H,11H2,1-2H3,(H,31,32)(H,25,26,27)/t19-/m1/s1. The van der Waals surface area contributed by atoms with Gasteiger partial charge in [-0.3, -0.25) is 4.68 Å². The van der Waals surface area contributed by atoms with E-state index in [9.17, 15) is 18.7 Å². The van der Waals surface area contributed by atoms with Crippen LogP contribution < -0.4 is 5.32 Å². The number of nitrogens with one attached hydrogen (secondary N) is 1. The van der Waals surface area contributed by atoms with E-state index in [-0.39, 0.29) is 29.8 Å². The molecule has 0 amide bonds. The fraction of sp³-hybridized carbons (Fsp3) is 0.227. The van der Waals surface area contributed by atoms with E-state index in [2.05, 4.69) is 25.5 Å². The van der Waals surface area contributed by atoms with Crippen LogP contribution in [0.3, 0.4) is 0 Å². The molecule has 2 N–H and O–H groups in total. The van der Waals surface area contributed by atoms with Crippen molar-refractivity contribution in [3.8, 4) is 22.9 Å². The Morgan fingerprint density at radius 2 is 1.97 bits per heavy atom. The first-order chi connectivity index (χ1) is 15.8. The van der Waals surface area contributed by atoms with Crippen molar-refractivity contribution in [1.29, 1.82) is 0 Å². The summed E-state index contributed by atoms with van der Waals surface area (Å²) in [6.45, 7) is 3.48. The normalized spacial score (nSPS) is 12.2. The van der Waals surface area contributed by atoms with Crippen LogP contribution in [0.25, 0.3) is 22.9 Å². The van der Waals surface area contributed by atoms with Gasteiger partial charge >= 0.3 is 5.97 Å². The summed E-state index contributed by atoms with van der Waals surface area (Å²) in [6.07, 6.45) is 2.33. The van der Waals surface area contributed by atoms with Crippen LogP contribution in [0.4, 0.5) is 14.6 Å². The molecule has 0 unspecified atom stereocenters. The lowest BCUT2D eigenvalue weighted by atomic mass is 10.1. The molecule has 4 aromatic rings. The predicted octanol–water partition coefficient (Wildman–Crippen LogP) is 3.84. The minimum absolute atomic E-state index is 0.0591. The second-order valence-electron chi connectivity index (χ2n) is 7.64. The highest BCUT2D eigenvalue weighted by Crippen LogP contribution is 2.26. The van der Waals surface area contributed by atoms with Crippen molar-refractivity contribution < 1.29 is 23.2 Å². The zero-order valence-electron chi connectivity index (χ0n) is 17.7. The molecule has 170 valence electrons. The largest absolute Gasteiger partial charge is 0.480 e. The zero-order chi connectivity index (χ0) is 23.5. The fourth-order valence-electron chi connectivity index (χ4n) is 3.24. The number of aliphatic carboxylic acids is 1. The predicted molar refractivity (Wildman–Crippen MR) is 114 cm³/mol. The third kappa shape index (κ3) is 4.71. The average Bonchev–Trinajstić information content (AvgIpc) is 3.44. The van der Waals surface area contributed by atoms with Gasteiger partial charge in [0.25, 0.3) is 0 Å². The Hall–Kier alpha value is -4.15. The SMILES string of the molecule is CC(C)[C@@H](Nc1nc(-c2cc(-c3ccon3)n(Cc3ccccc3F)n2)ncc1F)C(=O)O. The minimum Gasteiger partial charge on any atom is -0.480 e. The van der Waals surface area contributed by atoms with E-state index in [0.29, 0.717) is 17.0 Å². The lowest BCUT2D eigenvalue weighted by Crippen LogP contribution is -2.35. The van der Waals surface area contributed by atoms with Gasteiger partial charge in [-0.05, 0) is 18.1 Å².